The number of nitrogens with one attached hydrogen (secondary N) is 3. The Hall–Kier alpha value is -2.11. The van der Waals surface area contributed by atoms with Gasteiger partial charge in [-0.1, -0.05) is 0 Å². The minimum atomic E-state index is -0.473. The summed E-state index contributed by atoms with van der Waals surface area (Å²) in [4.78, 5) is 23.6. The normalized spacial score (nSPS) is 17.4. The highest BCUT2D eigenvalue weighted by molar-refractivity contribution is 5.95. The second-order valence-electron chi connectivity index (χ2n) is 5.76. The smallest absolute Gasteiger partial charge is 0.333 e. The van der Waals surface area contributed by atoms with Crippen LogP contribution in [0.15, 0.2) is 24.3 Å². The van der Waals surface area contributed by atoms with Crippen LogP contribution < -0.4 is 16.2 Å². The Balaban J connectivity index is 1.46. The van der Waals surface area contributed by atoms with Gasteiger partial charge < -0.3 is 5.32 Å². The number of halogens is 1. The summed E-state index contributed by atoms with van der Waals surface area (Å²) in [6.45, 7) is 0. The van der Waals surface area contributed by atoms with Crippen molar-refractivity contribution in [2.24, 2.45) is 11.8 Å². The van der Waals surface area contributed by atoms with E-state index >= 15 is 0 Å². The van der Waals surface area contributed by atoms with Crippen LogP contribution >= 0.6 is 0 Å². The van der Waals surface area contributed by atoms with E-state index in [-0.39, 0.29) is 11.6 Å². The molecular formula is C15H18FN3O2. The van der Waals surface area contributed by atoms with E-state index in [4.69, 9.17) is 0 Å². The molecule has 0 heterocycles. The Morgan fingerprint density at radius 1 is 1.00 bits per heavy atom. The van der Waals surface area contributed by atoms with E-state index < -0.39 is 17.8 Å². The van der Waals surface area contributed by atoms with Gasteiger partial charge >= 0.3 is 6.03 Å². The highest BCUT2D eigenvalue weighted by Crippen LogP contribution is 2.44. The van der Waals surface area contributed by atoms with Gasteiger partial charge in [-0.05, 0) is 61.8 Å². The van der Waals surface area contributed by atoms with Gasteiger partial charge in [0, 0.05) is 11.6 Å². The fraction of sp³-hybridized carbons (Fsp3) is 0.467. The van der Waals surface area contributed by atoms with Crippen LogP contribution in [-0.2, 0) is 0 Å². The summed E-state index contributed by atoms with van der Waals surface area (Å²) >= 11 is 0. The average molecular weight is 291 g/mol. The molecule has 1 aromatic rings. The molecule has 0 aromatic heterocycles. The zero-order valence-corrected chi connectivity index (χ0v) is 11.6. The first-order chi connectivity index (χ1) is 10.1. The summed E-state index contributed by atoms with van der Waals surface area (Å²) in [7, 11) is 0. The van der Waals surface area contributed by atoms with Crippen LogP contribution in [0.25, 0.3) is 0 Å². The monoisotopic (exact) mass is 291 g/mol. The standard InChI is InChI=1S/C15H18FN3O2/c16-12-7-5-11(6-8-12)14(20)18-19-15(21)17-13(9-1-2-9)10-3-4-10/h5-10,13H,1-4H2,(H,18,20)(H2,17,19,21). The molecule has 0 unspecified atom stereocenters. The van der Waals surface area contributed by atoms with Gasteiger partial charge in [-0.15, -0.1) is 0 Å². The Morgan fingerprint density at radius 2 is 1.57 bits per heavy atom. The molecule has 3 rings (SSSR count). The van der Waals surface area contributed by atoms with Gasteiger partial charge in [-0.25, -0.2) is 14.6 Å². The van der Waals surface area contributed by atoms with Crippen molar-refractivity contribution in [1.29, 1.82) is 0 Å². The van der Waals surface area contributed by atoms with Crippen LogP contribution in [0.5, 0.6) is 0 Å². The third kappa shape index (κ3) is 3.71. The summed E-state index contributed by atoms with van der Waals surface area (Å²) in [5.74, 6) is 0.306. The second kappa shape index (κ2) is 5.71. The number of carbonyl (C=O) groups is 2. The number of amides is 3. The SMILES string of the molecule is O=C(NNC(=O)c1ccc(F)cc1)NC(C1CC1)C1CC1. The molecular weight excluding hydrogens is 273 g/mol. The van der Waals surface area contributed by atoms with Crippen LogP contribution in [0.2, 0.25) is 0 Å². The van der Waals surface area contributed by atoms with E-state index in [1.807, 2.05) is 0 Å². The summed E-state index contributed by atoms with van der Waals surface area (Å²) in [6, 6.07) is 4.96. The average Bonchev–Trinajstić information content (AvgIpc) is 3.36. The van der Waals surface area contributed by atoms with E-state index in [1.165, 1.54) is 49.9 Å². The number of rotatable bonds is 4. The third-order valence-electron chi connectivity index (χ3n) is 3.95. The predicted molar refractivity (Wildman–Crippen MR) is 74.8 cm³/mol. The van der Waals surface area contributed by atoms with Crippen LogP contribution in [-0.4, -0.2) is 18.0 Å². The molecule has 3 N–H and O–H groups in total. The van der Waals surface area contributed by atoms with E-state index in [0.29, 0.717) is 11.8 Å². The van der Waals surface area contributed by atoms with Crippen molar-refractivity contribution in [3.63, 3.8) is 0 Å². The Morgan fingerprint density at radius 3 is 2.10 bits per heavy atom. The lowest BCUT2D eigenvalue weighted by atomic mass is 10.1. The maximum absolute atomic E-state index is 12.8. The Kier molecular flexibility index (Phi) is 3.77. The Labute approximate surface area is 122 Å². The maximum Gasteiger partial charge on any atom is 0.333 e. The molecule has 6 heteroatoms. The molecule has 0 aliphatic heterocycles. The van der Waals surface area contributed by atoms with Gasteiger partial charge in [0.1, 0.15) is 5.82 Å². The van der Waals surface area contributed by atoms with Crippen LogP contribution in [0.3, 0.4) is 0 Å². The minimum Gasteiger partial charge on any atom is -0.333 e. The van der Waals surface area contributed by atoms with E-state index in [9.17, 15) is 14.0 Å². The fourth-order valence-corrected chi connectivity index (χ4v) is 2.51. The molecule has 0 radical (unpaired) electrons. The summed E-state index contributed by atoms with van der Waals surface area (Å²) in [5, 5.41) is 2.93. The predicted octanol–water partition coefficient (Wildman–Crippen LogP) is 1.96. The van der Waals surface area contributed by atoms with Gasteiger partial charge in [-0.2, -0.15) is 0 Å². The molecule has 0 saturated heterocycles. The van der Waals surface area contributed by atoms with E-state index in [2.05, 4.69) is 16.2 Å². The molecule has 0 spiro atoms. The van der Waals surface area contributed by atoms with Gasteiger partial charge in [0.2, 0.25) is 0 Å². The van der Waals surface area contributed by atoms with Crippen molar-refractivity contribution in [3.8, 4) is 0 Å². The van der Waals surface area contributed by atoms with Crippen molar-refractivity contribution in [2.75, 3.05) is 0 Å². The third-order valence-corrected chi connectivity index (χ3v) is 3.95. The summed E-state index contributed by atoms with van der Waals surface area (Å²) in [6.07, 6.45) is 4.68. The molecule has 2 fully saturated rings. The van der Waals surface area contributed by atoms with Crippen LogP contribution in [0.4, 0.5) is 9.18 Å². The quantitative estimate of drug-likeness (QED) is 0.742. The molecule has 0 bridgehead atoms. The largest absolute Gasteiger partial charge is 0.333 e. The molecule has 112 valence electrons. The number of hydrogen-bond acceptors (Lipinski definition) is 2. The van der Waals surface area contributed by atoms with Crippen molar-refractivity contribution >= 4 is 11.9 Å². The summed E-state index contributed by atoms with van der Waals surface area (Å²) in [5.41, 5.74) is 4.96. The number of carbonyl (C=O) groups excluding carboxylic acids is 2. The van der Waals surface area contributed by atoms with Gasteiger partial charge in [0.25, 0.3) is 5.91 Å². The van der Waals surface area contributed by atoms with Crippen molar-refractivity contribution in [2.45, 2.75) is 31.7 Å². The van der Waals surface area contributed by atoms with E-state index in [0.717, 1.165) is 0 Å². The first-order valence-electron chi connectivity index (χ1n) is 7.26. The molecule has 2 aliphatic rings. The number of hydrazine groups is 1. The molecule has 2 saturated carbocycles. The molecule has 5 nitrogen and oxygen atoms in total. The highest BCUT2D eigenvalue weighted by Gasteiger charge is 2.42. The first kappa shape index (κ1) is 13.9. The van der Waals surface area contributed by atoms with Crippen molar-refractivity contribution in [3.05, 3.63) is 35.6 Å². The van der Waals surface area contributed by atoms with Gasteiger partial charge in [0.05, 0.1) is 0 Å². The lowest BCUT2D eigenvalue weighted by Crippen LogP contribution is -2.51. The van der Waals surface area contributed by atoms with Gasteiger partial charge in [-0.3, -0.25) is 10.2 Å². The fourth-order valence-electron chi connectivity index (χ4n) is 2.51. The van der Waals surface area contributed by atoms with Gasteiger partial charge in [0.15, 0.2) is 0 Å². The number of urea groups is 1. The molecule has 1 aromatic carbocycles. The number of benzene rings is 1. The van der Waals surface area contributed by atoms with Crippen molar-refractivity contribution < 1.29 is 14.0 Å². The molecule has 21 heavy (non-hydrogen) atoms. The van der Waals surface area contributed by atoms with Crippen LogP contribution in [0.1, 0.15) is 36.0 Å². The number of hydrogen-bond donors (Lipinski definition) is 3. The maximum atomic E-state index is 12.8. The first-order valence-corrected chi connectivity index (χ1v) is 7.26. The topological polar surface area (TPSA) is 70.2 Å². The lowest BCUT2D eigenvalue weighted by Gasteiger charge is -2.18. The zero-order valence-electron chi connectivity index (χ0n) is 11.6. The molecule has 2 aliphatic carbocycles. The Bertz CT molecular complexity index is 526. The highest BCUT2D eigenvalue weighted by atomic mass is 19.1. The van der Waals surface area contributed by atoms with Crippen LogP contribution in [0, 0.1) is 17.7 Å². The summed E-state index contributed by atoms with van der Waals surface area (Å²) < 4.78 is 12.8. The van der Waals surface area contributed by atoms with Crippen molar-refractivity contribution in [1.82, 2.24) is 16.2 Å². The van der Waals surface area contributed by atoms with E-state index in [1.54, 1.807) is 0 Å². The lowest BCUT2D eigenvalue weighted by molar-refractivity contribution is 0.0935. The molecule has 3 amide bonds. The zero-order chi connectivity index (χ0) is 14.8. The molecule has 0 atom stereocenters. The minimum absolute atomic E-state index is 0.229. The second-order valence-corrected chi connectivity index (χ2v) is 5.76.